The van der Waals surface area contributed by atoms with Crippen LogP contribution in [0.2, 0.25) is 10.3 Å². The molecule has 0 saturated heterocycles. The summed E-state index contributed by atoms with van der Waals surface area (Å²) < 4.78 is 1.21. The summed E-state index contributed by atoms with van der Waals surface area (Å²) in [6, 6.07) is 5.38. The number of hydrogen-bond donors (Lipinski definition) is 0. The normalized spacial score (nSPS) is 10.4. The fourth-order valence-corrected chi connectivity index (χ4v) is 2.06. The van der Waals surface area contributed by atoms with Gasteiger partial charge in [0.15, 0.2) is 0 Å². The molecule has 0 radical (unpaired) electrons. The molecule has 0 aliphatic rings. The van der Waals surface area contributed by atoms with Gasteiger partial charge < -0.3 is 4.57 Å². The van der Waals surface area contributed by atoms with Crippen LogP contribution in [-0.4, -0.2) is 14.5 Å². The predicted octanol–water partition coefficient (Wildman–Crippen LogP) is 2.51. The zero-order chi connectivity index (χ0) is 14.0. The zero-order valence-electron chi connectivity index (χ0n) is 9.42. The highest BCUT2D eigenvalue weighted by Gasteiger charge is 2.09. The minimum atomic E-state index is -0.567. The van der Waals surface area contributed by atoms with Crippen LogP contribution in [-0.2, 0) is 6.54 Å². The molecule has 98 valence electrons. The number of rotatable bonds is 3. The number of halogens is 2. The second-order valence-corrected chi connectivity index (χ2v) is 4.51. The Kier molecular flexibility index (Phi) is 3.82. The highest BCUT2D eigenvalue weighted by Crippen LogP contribution is 2.16. The van der Waals surface area contributed by atoms with E-state index in [2.05, 4.69) is 4.98 Å². The maximum atomic E-state index is 11.6. The van der Waals surface area contributed by atoms with E-state index in [1.165, 1.54) is 10.8 Å². The number of aromatic nitrogens is 2. The summed E-state index contributed by atoms with van der Waals surface area (Å²) in [5.74, 6) is 0. The lowest BCUT2D eigenvalue weighted by Crippen LogP contribution is -2.19. The SMILES string of the molecule is O=c1ccc([N+](=O)[O-])cn1Cc1cc(Cl)nc(Cl)c1. The molecule has 8 heteroatoms. The third kappa shape index (κ3) is 3.30. The molecular weight excluding hydrogens is 293 g/mol. The summed E-state index contributed by atoms with van der Waals surface area (Å²) in [5.41, 5.74) is 0.119. The molecule has 6 nitrogen and oxygen atoms in total. The van der Waals surface area contributed by atoms with E-state index in [0.29, 0.717) is 5.56 Å². The van der Waals surface area contributed by atoms with Crippen molar-refractivity contribution in [2.75, 3.05) is 0 Å². The number of nitrogens with zero attached hydrogens (tertiary/aromatic N) is 3. The van der Waals surface area contributed by atoms with E-state index in [4.69, 9.17) is 23.2 Å². The Bertz CT molecular complexity index is 680. The standard InChI is InChI=1S/C11H7Cl2N3O3/c12-9-3-7(4-10(13)14-9)5-15-6-8(16(18)19)1-2-11(15)17/h1-4,6H,5H2. The average Bonchev–Trinajstić information content (AvgIpc) is 2.30. The smallest absolute Gasteiger partial charge is 0.285 e. The van der Waals surface area contributed by atoms with E-state index in [1.54, 1.807) is 12.1 Å². The molecule has 2 aromatic heterocycles. The van der Waals surface area contributed by atoms with Crippen molar-refractivity contribution >= 4 is 28.9 Å². The molecule has 19 heavy (non-hydrogen) atoms. The van der Waals surface area contributed by atoms with Crippen LogP contribution in [0.5, 0.6) is 0 Å². The quantitative estimate of drug-likeness (QED) is 0.495. The van der Waals surface area contributed by atoms with E-state index in [0.717, 1.165) is 12.1 Å². The van der Waals surface area contributed by atoms with Crippen molar-refractivity contribution in [2.45, 2.75) is 6.54 Å². The zero-order valence-corrected chi connectivity index (χ0v) is 10.9. The fraction of sp³-hybridized carbons (Fsp3) is 0.0909. The number of nitro groups is 1. The maximum absolute atomic E-state index is 11.6. The minimum Gasteiger partial charge on any atom is -0.304 e. The van der Waals surface area contributed by atoms with Crippen LogP contribution < -0.4 is 5.56 Å². The van der Waals surface area contributed by atoms with E-state index in [1.807, 2.05) is 0 Å². The Morgan fingerprint density at radius 1 is 1.26 bits per heavy atom. The van der Waals surface area contributed by atoms with Crippen molar-refractivity contribution < 1.29 is 4.92 Å². The van der Waals surface area contributed by atoms with Gasteiger partial charge in [0, 0.05) is 12.1 Å². The molecule has 0 N–H and O–H groups in total. The molecule has 2 heterocycles. The molecule has 0 fully saturated rings. The van der Waals surface area contributed by atoms with Crippen LogP contribution in [0.3, 0.4) is 0 Å². The summed E-state index contributed by atoms with van der Waals surface area (Å²) in [5, 5.41) is 11.1. The first kappa shape index (κ1) is 13.5. The van der Waals surface area contributed by atoms with Gasteiger partial charge in [0.05, 0.1) is 17.7 Å². The highest BCUT2D eigenvalue weighted by molar-refractivity contribution is 6.32. The van der Waals surface area contributed by atoms with Crippen LogP contribution in [0.15, 0.2) is 35.3 Å². The van der Waals surface area contributed by atoms with Crippen molar-refractivity contribution in [1.29, 1.82) is 0 Å². The lowest BCUT2D eigenvalue weighted by Gasteiger charge is -2.06. The predicted molar refractivity (Wildman–Crippen MR) is 70.7 cm³/mol. The molecule has 0 amide bonds. The Balaban J connectivity index is 2.40. The largest absolute Gasteiger partial charge is 0.304 e. The summed E-state index contributed by atoms with van der Waals surface area (Å²) in [7, 11) is 0. The van der Waals surface area contributed by atoms with E-state index in [-0.39, 0.29) is 28.1 Å². The lowest BCUT2D eigenvalue weighted by atomic mass is 10.2. The van der Waals surface area contributed by atoms with Gasteiger partial charge in [0.2, 0.25) is 0 Å². The fourth-order valence-electron chi connectivity index (χ4n) is 1.55. The molecule has 0 bridgehead atoms. The molecule has 0 aliphatic carbocycles. The molecule has 0 saturated carbocycles. The van der Waals surface area contributed by atoms with Crippen molar-refractivity contribution in [1.82, 2.24) is 9.55 Å². The summed E-state index contributed by atoms with van der Waals surface area (Å²) in [4.78, 5) is 25.5. The van der Waals surface area contributed by atoms with Crippen molar-refractivity contribution in [3.63, 3.8) is 0 Å². The van der Waals surface area contributed by atoms with Gasteiger partial charge in [0.25, 0.3) is 11.2 Å². The molecule has 0 spiro atoms. The van der Waals surface area contributed by atoms with Crippen molar-refractivity contribution in [3.05, 3.63) is 66.8 Å². The van der Waals surface area contributed by atoms with Gasteiger partial charge in [-0.3, -0.25) is 14.9 Å². The lowest BCUT2D eigenvalue weighted by molar-refractivity contribution is -0.385. The summed E-state index contributed by atoms with van der Waals surface area (Å²) in [6.07, 6.45) is 1.17. The molecule has 0 aliphatic heterocycles. The van der Waals surface area contributed by atoms with E-state index >= 15 is 0 Å². The van der Waals surface area contributed by atoms with Gasteiger partial charge in [-0.05, 0) is 17.7 Å². The average molecular weight is 300 g/mol. The Hall–Kier alpha value is -1.92. The van der Waals surface area contributed by atoms with Gasteiger partial charge in [-0.1, -0.05) is 23.2 Å². The topological polar surface area (TPSA) is 78.0 Å². The molecule has 0 atom stereocenters. The van der Waals surface area contributed by atoms with Gasteiger partial charge in [-0.2, -0.15) is 0 Å². The Labute approximate surface area is 117 Å². The Morgan fingerprint density at radius 3 is 2.47 bits per heavy atom. The van der Waals surface area contributed by atoms with Gasteiger partial charge >= 0.3 is 0 Å². The molecular formula is C11H7Cl2N3O3. The minimum absolute atomic E-state index is 0.127. The summed E-state index contributed by atoms with van der Waals surface area (Å²) >= 11 is 11.5. The van der Waals surface area contributed by atoms with Crippen LogP contribution in [0.4, 0.5) is 5.69 Å². The number of pyridine rings is 2. The van der Waals surface area contributed by atoms with Crippen LogP contribution in [0.1, 0.15) is 5.56 Å². The van der Waals surface area contributed by atoms with Crippen molar-refractivity contribution in [3.8, 4) is 0 Å². The third-order valence-electron chi connectivity index (χ3n) is 2.35. The van der Waals surface area contributed by atoms with Gasteiger partial charge in [0.1, 0.15) is 10.3 Å². The highest BCUT2D eigenvalue weighted by atomic mass is 35.5. The van der Waals surface area contributed by atoms with Crippen LogP contribution in [0, 0.1) is 10.1 Å². The van der Waals surface area contributed by atoms with Crippen LogP contribution >= 0.6 is 23.2 Å². The van der Waals surface area contributed by atoms with E-state index in [9.17, 15) is 14.9 Å². The second kappa shape index (κ2) is 5.38. The molecule has 2 aromatic rings. The summed E-state index contributed by atoms with van der Waals surface area (Å²) in [6.45, 7) is 0.127. The molecule has 0 aromatic carbocycles. The third-order valence-corrected chi connectivity index (χ3v) is 2.74. The maximum Gasteiger partial charge on any atom is 0.285 e. The first-order valence-corrected chi connectivity index (χ1v) is 5.88. The second-order valence-electron chi connectivity index (χ2n) is 3.73. The van der Waals surface area contributed by atoms with Gasteiger partial charge in [-0.15, -0.1) is 0 Å². The van der Waals surface area contributed by atoms with Gasteiger partial charge in [-0.25, -0.2) is 4.98 Å². The Morgan fingerprint density at radius 2 is 1.89 bits per heavy atom. The first-order chi connectivity index (χ1) is 8.95. The van der Waals surface area contributed by atoms with Crippen molar-refractivity contribution in [2.24, 2.45) is 0 Å². The first-order valence-electron chi connectivity index (χ1n) is 5.12. The molecule has 2 rings (SSSR count). The van der Waals surface area contributed by atoms with Crippen LogP contribution in [0.25, 0.3) is 0 Å². The van der Waals surface area contributed by atoms with E-state index < -0.39 is 4.92 Å². The monoisotopic (exact) mass is 299 g/mol. The number of hydrogen-bond acceptors (Lipinski definition) is 4. The molecule has 0 unspecified atom stereocenters.